The first kappa shape index (κ1) is 39.4. The normalized spacial score (nSPS) is 20.7. The summed E-state index contributed by atoms with van der Waals surface area (Å²) in [5.74, 6) is -1.26. The second-order valence-corrected chi connectivity index (χ2v) is 13.6. The van der Waals surface area contributed by atoms with E-state index in [1.165, 1.54) is 23.9 Å². The van der Waals surface area contributed by atoms with Crippen LogP contribution in [0.2, 0.25) is 0 Å². The Kier molecular flexibility index (Phi) is 10.5. The Balaban J connectivity index is 0.000000167. The lowest BCUT2D eigenvalue weighted by Crippen LogP contribution is -2.42. The predicted molar refractivity (Wildman–Crippen MR) is 174 cm³/mol. The van der Waals surface area contributed by atoms with Crippen molar-refractivity contribution < 1.29 is 63.4 Å². The molecule has 7 rings (SSSR count). The average Bonchev–Trinajstić information content (AvgIpc) is 3.21. The van der Waals surface area contributed by atoms with Gasteiger partial charge in [0.05, 0.1) is 28.0 Å². The van der Waals surface area contributed by atoms with E-state index in [1.807, 2.05) is 53.7 Å². The van der Waals surface area contributed by atoms with Gasteiger partial charge in [0, 0.05) is 18.0 Å². The zero-order valence-corrected chi connectivity index (χ0v) is 29.8. The van der Waals surface area contributed by atoms with Gasteiger partial charge < -0.3 is 18.8 Å². The van der Waals surface area contributed by atoms with E-state index in [0.29, 0.717) is 11.3 Å². The zero-order valence-electron chi connectivity index (χ0n) is 28.3. The molecule has 3 aliphatic rings. The highest BCUT2D eigenvalue weighted by molar-refractivity contribution is 9.10. The number of benzene rings is 2. The van der Waals surface area contributed by atoms with E-state index in [2.05, 4.69) is 44.8 Å². The summed E-state index contributed by atoms with van der Waals surface area (Å²) < 4.78 is 134. The van der Waals surface area contributed by atoms with Crippen LogP contribution in [0.25, 0.3) is 11.3 Å². The van der Waals surface area contributed by atoms with Crippen LogP contribution < -0.4 is 14.9 Å². The van der Waals surface area contributed by atoms with Gasteiger partial charge in [0.25, 0.3) is 0 Å². The number of halogens is 9. The standard InChI is InChI=1S/C14H15BF4O4.C14H9F4NO2.C6H6BrN/c1-11(2)12(3,4)23-15(22-11)8-5-6-10-9(7-8)13(16,17)21-14(18,19)20-10;1-8-4-5-19-11(6-8)9-2-3-12-10(7-9)13(15,16)21-14(17,18)20-12;1-5-2-3-8-6(7)4-5/h5-7H,1-4H3;2-7H,1H3;2-4H,1H3. The second-order valence-electron chi connectivity index (χ2n) is 12.8. The van der Waals surface area contributed by atoms with E-state index in [-0.39, 0.29) is 5.46 Å². The fraction of sp³-hybridized carbons (Fsp3) is 0.353. The second kappa shape index (κ2) is 13.9. The molecular weight excluding hydrogens is 775 g/mol. The molecular formula is C34H30BBrF8N2O6. The third kappa shape index (κ3) is 8.85. The molecule has 0 spiro atoms. The van der Waals surface area contributed by atoms with Gasteiger partial charge in [-0.1, -0.05) is 6.07 Å². The van der Waals surface area contributed by atoms with E-state index in [4.69, 9.17) is 9.31 Å². The molecule has 0 unspecified atom stereocenters. The highest BCUT2D eigenvalue weighted by atomic mass is 79.9. The largest absolute Gasteiger partial charge is 0.540 e. The summed E-state index contributed by atoms with van der Waals surface area (Å²) >= 11 is 3.25. The molecule has 0 amide bonds. The van der Waals surface area contributed by atoms with Crippen LogP contribution >= 0.6 is 15.9 Å². The molecule has 3 aliphatic heterocycles. The van der Waals surface area contributed by atoms with E-state index in [1.54, 1.807) is 18.3 Å². The summed E-state index contributed by atoms with van der Waals surface area (Å²) in [4.78, 5) is 8.02. The topological polar surface area (TPSA) is 81.2 Å². The molecule has 1 saturated heterocycles. The van der Waals surface area contributed by atoms with Crippen LogP contribution in [0.5, 0.6) is 11.5 Å². The highest BCUT2D eigenvalue weighted by Gasteiger charge is 2.57. The number of rotatable bonds is 2. The van der Waals surface area contributed by atoms with Gasteiger partial charge >= 0.3 is 31.9 Å². The van der Waals surface area contributed by atoms with Crippen LogP contribution in [0.3, 0.4) is 0 Å². The van der Waals surface area contributed by atoms with Gasteiger partial charge in [0.1, 0.15) is 16.1 Å². The SMILES string of the molecule is CC1(C)OB(c2ccc3c(c2)C(F)(F)OC(F)(F)O3)OC1(C)C.Cc1ccnc(-c2ccc3c(c2)C(F)(F)OC(F)(F)O3)c1.Cc1ccnc(Br)c1. The molecule has 52 heavy (non-hydrogen) atoms. The molecule has 5 heterocycles. The van der Waals surface area contributed by atoms with Crippen LogP contribution in [-0.2, 0) is 31.0 Å². The van der Waals surface area contributed by atoms with E-state index < -0.39 is 65.8 Å². The number of alkyl halides is 8. The first-order chi connectivity index (χ1) is 23.9. The van der Waals surface area contributed by atoms with Crippen LogP contribution in [0.1, 0.15) is 49.9 Å². The third-order valence-electron chi connectivity index (χ3n) is 8.18. The summed E-state index contributed by atoms with van der Waals surface area (Å²) in [5.41, 5.74) is 0.326. The lowest BCUT2D eigenvalue weighted by molar-refractivity contribution is -0.462. The number of pyridine rings is 2. The highest BCUT2D eigenvalue weighted by Crippen LogP contribution is 2.48. The number of fused-ring (bicyclic) bond motifs is 2. The van der Waals surface area contributed by atoms with Crippen molar-refractivity contribution in [2.24, 2.45) is 0 Å². The lowest BCUT2D eigenvalue weighted by atomic mass is 9.78. The molecule has 2 aromatic heterocycles. The first-order valence-electron chi connectivity index (χ1n) is 15.3. The number of nitrogens with zero attached hydrogens (tertiary/aromatic N) is 2. The summed E-state index contributed by atoms with van der Waals surface area (Å²) in [6.07, 6.45) is -13.8. The van der Waals surface area contributed by atoms with Crippen molar-refractivity contribution in [3.8, 4) is 22.8 Å². The van der Waals surface area contributed by atoms with Gasteiger partial charge in [0.2, 0.25) is 0 Å². The van der Waals surface area contributed by atoms with Crippen LogP contribution in [0.4, 0.5) is 35.1 Å². The van der Waals surface area contributed by atoms with Gasteiger partial charge in [-0.3, -0.25) is 4.98 Å². The molecule has 4 aromatic rings. The zero-order chi connectivity index (χ0) is 38.5. The van der Waals surface area contributed by atoms with Gasteiger partial charge in [-0.2, -0.15) is 17.6 Å². The minimum atomic E-state index is -4.39. The van der Waals surface area contributed by atoms with Gasteiger partial charge in [-0.15, -0.1) is 17.6 Å². The van der Waals surface area contributed by atoms with Crippen molar-refractivity contribution in [3.05, 3.63) is 99.9 Å². The quantitative estimate of drug-likeness (QED) is 0.113. The lowest BCUT2D eigenvalue weighted by Gasteiger charge is -2.32. The maximum Gasteiger partial charge on any atom is 0.540 e. The molecule has 1 fully saturated rings. The summed E-state index contributed by atoms with van der Waals surface area (Å²) in [6, 6.07) is 14.2. The van der Waals surface area contributed by atoms with Crippen molar-refractivity contribution >= 4 is 28.5 Å². The van der Waals surface area contributed by atoms with E-state index in [9.17, 15) is 35.1 Å². The van der Waals surface area contributed by atoms with Crippen LogP contribution in [0.15, 0.2) is 77.7 Å². The summed E-state index contributed by atoms with van der Waals surface area (Å²) in [5, 5.41) is 0. The van der Waals surface area contributed by atoms with Crippen LogP contribution in [0, 0.1) is 13.8 Å². The van der Waals surface area contributed by atoms with Crippen LogP contribution in [-0.4, -0.2) is 40.9 Å². The molecule has 0 bridgehead atoms. The minimum Gasteiger partial charge on any atom is -0.409 e. The van der Waals surface area contributed by atoms with E-state index in [0.717, 1.165) is 34.4 Å². The average molecular weight is 805 g/mol. The molecule has 0 aliphatic carbocycles. The first-order valence-corrected chi connectivity index (χ1v) is 16.1. The Morgan fingerprint density at radius 2 is 1.08 bits per heavy atom. The summed E-state index contributed by atoms with van der Waals surface area (Å²) in [6.45, 7) is 11.1. The minimum absolute atomic E-state index is 0.263. The maximum atomic E-state index is 13.8. The Hall–Kier alpha value is -3.84. The Labute approximate surface area is 301 Å². The van der Waals surface area contributed by atoms with Crippen molar-refractivity contribution in [2.75, 3.05) is 0 Å². The van der Waals surface area contributed by atoms with E-state index >= 15 is 0 Å². The summed E-state index contributed by atoms with van der Waals surface area (Å²) in [7, 11) is -0.900. The predicted octanol–water partition coefficient (Wildman–Crippen LogP) is 9.21. The van der Waals surface area contributed by atoms with Crippen molar-refractivity contribution in [3.63, 3.8) is 0 Å². The third-order valence-corrected chi connectivity index (χ3v) is 8.61. The fourth-order valence-electron chi connectivity index (χ4n) is 4.89. The van der Waals surface area contributed by atoms with Gasteiger partial charge in [0.15, 0.2) is 0 Å². The van der Waals surface area contributed by atoms with Crippen molar-refractivity contribution in [2.45, 2.75) is 77.6 Å². The van der Waals surface area contributed by atoms with Crippen molar-refractivity contribution in [1.82, 2.24) is 9.97 Å². The molecule has 278 valence electrons. The Morgan fingerprint density at radius 3 is 1.56 bits per heavy atom. The molecule has 18 heteroatoms. The Morgan fingerprint density at radius 1 is 0.596 bits per heavy atom. The number of aromatic nitrogens is 2. The molecule has 0 atom stereocenters. The molecule has 0 radical (unpaired) electrons. The number of aryl methyl sites for hydroxylation is 2. The maximum absolute atomic E-state index is 13.8. The van der Waals surface area contributed by atoms with Crippen molar-refractivity contribution in [1.29, 1.82) is 0 Å². The number of hydrogen-bond donors (Lipinski definition) is 0. The van der Waals surface area contributed by atoms with Gasteiger partial charge in [-0.05, 0) is 129 Å². The molecule has 8 nitrogen and oxygen atoms in total. The fourth-order valence-corrected chi connectivity index (χ4v) is 5.37. The number of hydrogen-bond acceptors (Lipinski definition) is 8. The smallest absolute Gasteiger partial charge is 0.409 e. The number of ether oxygens (including phenoxy) is 4. The molecule has 2 aromatic carbocycles. The Bertz CT molecular complexity index is 1920. The molecule has 0 N–H and O–H groups in total. The molecule has 0 saturated carbocycles. The monoisotopic (exact) mass is 804 g/mol. The van der Waals surface area contributed by atoms with Gasteiger partial charge in [-0.25, -0.2) is 14.5 Å².